The fourth-order valence-electron chi connectivity index (χ4n) is 3.85. The molecule has 3 aromatic heterocycles. The third-order valence-corrected chi connectivity index (χ3v) is 6.31. The fraction of sp³-hybridized carbons (Fsp3) is 0.160. The van der Waals surface area contributed by atoms with E-state index >= 15 is 0 Å². The summed E-state index contributed by atoms with van der Waals surface area (Å²) in [5, 5.41) is 12.5. The second-order valence-corrected chi connectivity index (χ2v) is 8.53. The summed E-state index contributed by atoms with van der Waals surface area (Å²) in [6.45, 7) is 6.89. The van der Waals surface area contributed by atoms with Crippen LogP contribution >= 0.6 is 11.3 Å². The number of nitrogens with zero attached hydrogens (tertiary/aromatic N) is 4. The average Bonchev–Trinajstić information content (AvgIpc) is 3.38. The number of hydrogen-bond donors (Lipinski definition) is 1. The van der Waals surface area contributed by atoms with Crippen LogP contribution in [-0.4, -0.2) is 19.7 Å². The molecule has 0 bridgehead atoms. The molecule has 0 aliphatic rings. The van der Waals surface area contributed by atoms with Crippen molar-refractivity contribution < 1.29 is 0 Å². The lowest BCUT2D eigenvalue weighted by Crippen LogP contribution is -2.04. The summed E-state index contributed by atoms with van der Waals surface area (Å²) in [5.74, 6) is 0.826. The Hall–Kier alpha value is -3.51. The summed E-state index contributed by atoms with van der Waals surface area (Å²) >= 11 is 1.68. The summed E-state index contributed by atoms with van der Waals surface area (Å²) in [5.41, 5.74) is 7.46. The van der Waals surface area contributed by atoms with E-state index < -0.39 is 0 Å². The average molecular weight is 426 g/mol. The molecule has 6 heteroatoms. The Morgan fingerprint density at radius 3 is 2.48 bits per heavy atom. The zero-order valence-corrected chi connectivity index (χ0v) is 18.6. The van der Waals surface area contributed by atoms with Gasteiger partial charge in [0.2, 0.25) is 0 Å². The van der Waals surface area contributed by atoms with E-state index in [-0.39, 0.29) is 0 Å². The van der Waals surface area contributed by atoms with Crippen LogP contribution in [0, 0.1) is 20.8 Å². The Labute approximate surface area is 185 Å². The Balaban J connectivity index is 1.43. The summed E-state index contributed by atoms with van der Waals surface area (Å²) in [6, 6.07) is 20.6. The highest BCUT2D eigenvalue weighted by Gasteiger charge is 2.14. The Morgan fingerprint density at radius 2 is 1.68 bits per heavy atom. The largest absolute Gasteiger partial charge is 0.364 e. The lowest BCUT2D eigenvalue weighted by atomic mass is 10.1. The van der Waals surface area contributed by atoms with E-state index in [1.165, 1.54) is 11.1 Å². The van der Waals surface area contributed by atoms with Crippen LogP contribution < -0.4 is 5.32 Å². The monoisotopic (exact) mass is 425 g/mol. The second kappa shape index (κ2) is 7.96. The molecule has 5 rings (SSSR count). The summed E-state index contributed by atoms with van der Waals surface area (Å²) in [7, 11) is 0. The molecule has 1 N–H and O–H groups in total. The van der Waals surface area contributed by atoms with Crippen molar-refractivity contribution in [3.05, 3.63) is 88.6 Å². The van der Waals surface area contributed by atoms with Crippen LogP contribution in [0.15, 0.2) is 66.0 Å². The maximum absolute atomic E-state index is 4.89. The van der Waals surface area contributed by atoms with Gasteiger partial charge in [-0.05, 0) is 50.1 Å². The molecular formula is C25H23N5S. The van der Waals surface area contributed by atoms with Crippen molar-refractivity contribution in [2.75, 3.05) is 5.32 Å². The van der Waals surface area contributed by atoms with Gasteiger partial charge in [-0.15, -0.1) is 11.3 Å². The van der Waals surface area contributed by atoms with Gasteiger partial charge in [0.25, 0.3) is 0 Å². The molecule has 0 amide bonds. The molecule has 0 aliphatic carbocycles. The number of hydrogen-bond acceptors (Lipinski definition) is 5. The molecule has 0 atom stereocenters. The van der Waals surface area contributed by atoms with Crippen LogP contribution in [0.4, 0.5) is 5.82 Å². The molecule has 5 nitrogen and oxygen atoms in total. The van der Waals surface area contributed by atoms with E-state index in [9.17, 15) is 0 Å². The van der Waals surface area contributed by atoms with Crippen LogP contribution in [0.25, 0.3) is 27.3 Å². The lowest BCUT2D eigenvalue weighted by Gasteiger charge is -2.08. The highest BCUT2D eigenvalue weighted by molar-refractivity contribution is 7.13. The van der Waals surface area contributed by atoms with Crippen molar-refractivity contribution in [2.24, 2.45) is 0 Å². The molecule has 0 saturated heterocycles. The minimum absolute atomic E-state index is 0.624. The van der Waals surface area contributed by atoms with Gasteiger partial charge in [-0.25, -0.2) is 14.6 Å². The first-order chi connectivity index (χ1) is 15.1. The number of anilines is 1. The first-order valence-electron chi connectivity index (χ1n) is 10.3. The minimum atomic E-state index is 0.624. The first kappa shape index (κ1) is 19.5. The molecule has 0 spiro atoms. The molecule has 0 radical (unpaired) electrons. The molecule has 31 heavy (non-hydrogen) atoms. The van der Waals surface area contributed by atoms with Crippen molar-refractivity contribution in [1.82, 2.24) is 19.7 Å². The number of aryl methyl sites for hydroxylation is 3. The number of nitrogens with one attached hydrogen (secondary N) is 1. The van der Waals surface area contributed by atoms with Gasteiger partial charge in [0, 0.05) is 16.3 Å². The molecule has 154 valence electrons. The smallest absolute Gasteiger partial charge is 0.165 e. The standard InChI is InChI=1S/C25H23N5S/c1-16-9-7-8-12-21(16)25-27-19(15-31-25)14-26-22-13-17(2)23-18(3)29-30(24(23)28-22)20-10-5-4-6-11-20/h4-13,15H,14H2,1-3H3,(H,26,28). The molecule has 0 saturated carbocycles. The SMILES string of the molecule is Cc1ccccc1-c1nc(CNc2cc(C)c3c(C)nn(-c4ccccc4)c3n2)cs1. The molecule has 3 heterocycles. The minimum Gasteiger partial charge on any atom is -0.364 e. The van der Waals surface area contributed by atoms with E-state index in [4.69, 9.17) is 15.1 Å². The lowest BCUT2D eigenvalue weighted by molar-refractivity contribution is 0.877. The predicted molar refractivity (Wildman–Crippen MR) is 128 cm³/mol. The Kier molecular flexibility index (Phi) is 5.00. The Bertz CT molecular complexity index is 1370. The van der Waals surface area contributed by atoms with E-state index in [0.717, 1.165) is 44.5 Å². The van der Waals surface area contributed by atoms with Crippen molar-refractivity contribution in [3.8, 4) is 16.3 Å². The molecule has 0 aliphatic heterocycles. The normalized spacial score (nSPS) is 11.2. The van der Waals surface area contributed by atoms with Crippen molar-refractivity contribution in [3.63, 3.8) is 0 Å². The predicted octanol–water partition coefficient (Wildman–Crippen LogP) is 6.08. The van der Waals surface area contributed by atoms with E-state index in [2.05, 4.69) is 54.9 Å². The van der Waals surface area contributed by atoms with E-state index in [1.807, 2.05) is 41.9 Å². The van der Waals surface area contributed by atoms with Gasteiger partial charge in [0.15, 0.2) is 5.65 Å². The van der Waals surface area contributed by atoms with Gasteiger partial charge >= 0.3 is 0 Å². The Morgan fingerprint density at radius 1 is 0.903 bits per heavy atom. The number of aromatic nitrogens is 4. The number of benzene rings is 2. The fourth-order valence-corrected chi connectivity index (χ4v) is 4.76. The van der Waals surface area contributed by atoms with Gasteiger partial charge in [-0.1, -0.05) is 42.5 Å². The zero-order chi connectivity index (χ0) is 21.4. The number of thiazole rings is 1. The van der Waals surface area contributed by atoms with Crippen molar-refractivity contribution >= 4 is 28.2 Å². The molecule has 2 aromatic carbocycles. The number of para-hydroxylation sites is 1. The molecule has 0 fully saturated rings. The third kappa shape index (κ3) is 3.70. The maximum atomic E-state index is 4.89. The number of rotatable bonds is 5. The van der Waals surface area contributed by atoms with E-state index in [0.29, 0.717) is 6.54 Å². The summed E-state index contributed by atoms with van der Waals surface area (Å²) < 4.78 is 1.92. The number of pyridine rings is 1. The highest BCUT2D eigenvalue weighted by atomic mass is 32.1. The van der Waals surface area contributed by atoms with Crippen LogP contribution in [0.2, 0.25) is 0 Å². The van der Waals surface area contributed by atoms with Crippen LogP contribution in [0.1, 0.15) is 22.5 Å². The third-order valence-electron chi connectivity index (χ3n) is 5.39. The topological polar surface area (TPSA) is 55.6 Å². The van der Waals surface area contributed by atoms with Crippen LogP contribution in [-0.2, 0) is 6.54 Å². The number of fused-ring (bicyclic) bond motifs is 1. The summed E-state index contributed by atoms with van der Waals surface area (Å²) in [4.78, 5) is 9.71. The maximum Gasteiger partial charge on any atom is 0.165 e. The molecule has 5 aromatic rings. The molecular weight excluding hydrogens is 402 g/mol. The van der Waals surface area contributed by atoms with Gasteiger partial charge in [-0.2, -0.15) is 5.10 Å². The van der Waals surface area contributed by atoms with Crippen molar-refractivity contribution in [1.29, 1.82) is 0 Å². The quantitative estimate of drug-likeness (QED) is 0.371. The van der Waals surface area contributed by atoms with E-state index in [1.54, 1.807) is 11.3 Å². The second-order valence-electron chi connectivity index (χ2n) is 7.67. The zero-order valence-electron chi connectivity index (χ0n) is 17.8. The van der Waals surface area contributed by atoms with Crippen LogP contribution in [0.3, 0.4) is 0 Å². The van der Waals surface area contributed by atoms with Crippen molar-refractivity contribution in [2.45, 2.75) is 27.3 Å². The first-order valence-corrected chi connectivity index (χ1v) is 11.1. The molecule has 0 unspecified atom stereocenters. The van der Waals surface area contributed by atoms with Crippen LogP contribution in [0.5, 0.6) is 0 Å². The summed E-state index contributed by atoms with van der Waals surface area (Å²) in [6.07, 6.45) is 0. The van der Waals surface area contributed by atoms with Gasteiger partial charge < -0.3 is 5.32 Å². The van der Waals surface area contributed by atoms with Gasteiger partial charge in [0.05, 0.1) is 23.6 Å². The van der Waals surface area contributed by atoms with Gasteiger partial charge in [-0.3, -0.25) is 0 Å². The van der Waals surface area contributed by atoms with Gasteiger partial charge in [0.1, 0.15) is 10.8 Å². The highest BCUT2D eigenvalue weighted by Crippen LogP contribution is 2.28.